The zero-order chi connectivity index (χ0) is 16.0. The number of rotatable bonds is 9. The molecule has 3 nitrogen and oxygen atoms in total. The second-order valence-corrected chi connectivity index (χ2v) is 6.97. The molecule has 3 heteroatoms. The zero-order valence-electron chi connectivity index (χ0n) is 14.5. The molecule has 1 atom stereocenters. The van der Waals surface area contributed by atoms with E-state index in [4.69, 9.17) is 14.2 Å². The van der Waals surface area contributed by atoms with Gasteiger partial charge in [0.2, 0.25) is 0 Å². The van der Waals surface area contributed by atoms with Gasteiger partial charge in [0.05, 0.1) is 18.8 Å². The monoisotopic (exact) mass is 306 g/mol. The molecule has 1 aromatic rings. The third-order valence-corrected chi connectivity index (χ3v) is 4.58. The number of ether oxygens (including phenoxy) is 3. The largest absolute Gasteiger partial charge is 0.493 e. The van der Waals surface area contributed by atoms with Crippen molar-refractivity contribution in [2.45, 2.75) is 58.5 Å². The van der Waals surface area contributed by atoms with Gasteiger partial charge in [-0.1, -0.05) is 25.8 Å². The number of benzene rings is 1. The summed E-state index contributed by atoms with van der Waals surface area (Å²) >= 11 is 0. The second kappa shape index (κ2) is 7.87. The Morgan fingerprint density at radius 1 is 1.27 bits per heavy atom. The standard InChI is InChI=1S/C19H30O3/c1-15(6-5-11-19(2,3)20-4)9-12-21-17-8-7-16-10-13-22-18(16)14-17/h7-8,14-15H,5-6,9-13H2,1-4H3. The number of hydrogen-bond acceptors (Lipinski definition) is 3. The lowest BCUT2D eigenvalue weighted by atomic mass is 9.95. The van der Waals surface area contributed by atoms with Gasteiger partial charge in [0.15, 0.2) is 0 Å². The molecule has 0 aromatic heterocycles. The van der Waals surface area contributed by atoms with E-state index in [-0.39, 0.29) is 5.60 Å². The van der Waals surface area contributed by atoms with Gasteiger partial charge in [-0.3, -0.25) is 0 Å². The molecule has 1 heterocycles. The quantitative estimate of drug-likeness (QED) is 0.666. The third-order valence-electron chi connectivity index (χ3n) is 4.58. The Morgan fingerprint density at radius 2 is 2.09 bits per heavy atom. The fraction of sp³-hybridized carbons (Fsp3) is 0.684. The van der Waals surface area contributed by atoms with Crippen LogP contribution in [0.4, 0.5) is 0 Å². The van der Waals surface area contributed by atoms with E-state index in [9.17, 15) is 0 Å². The average Bonchev–Trinajstić information content (AvgIpc) is 2.94. The SMILES string of the molecule is COC(C)(C)CCCC(C)CCOc1ccc2c(c1)OCC2. The van der Waals surface area contributed by atoms with Gasteiger partial charge >= 0.3 is 0 Å². The minimum absolute atomic E-state index is 0.000631. The molecule has 0 N–H and O–H groups in total. The Morgan fingerprint density at radius 3 is 2.86 bits per heavy atom. The molecule has 1 aliphatic heterocycles. The summed E-state index contributed by atoms with van der Waals surface area (Å²) in [5.41, 5.74) is 1.29. The van der Waals surface area contributed by atoms with Crippen molar-refractivity contribution in [3.63, 3.8) is 0 Å². The van der Waals surface area contributed by atoms with Gasteiger partial charge in [-0.25, -0.2) is 0 Å². The number of hydrogen-bond donors (Lipinski definition) is 0. The average molecular weight is 306 g/mol. The van der Waals surface area contributed by atoms with Gasteiger partial charge in [-0.2, -0.15) is 0 Å². The van der Waals surface area contributed by atoms with Crippen LogP contribution in [0.2, 0.25) is 0 Å². The predicted molar refractivity (Wildman–Crippen MR) is 89.9 cm³/mol. The second-order valence-electron chi connectivity index (χ2n) is 6.97. The first-order valence-electron chi connectivity index (χ1n) is 8.44. The van der Waals surface area contributed by atoms with Crippen molar-refractivity contribution in [1.29, 1.82) is 0 Å². The Balaban J connectivity index is 1.64. The fourth-order valence-corrected chi connectivity index (χ4v) is 2.74. The number of methoxy groups -OCH3 is 1. The van der Waals surface area contributed by atoms with Crippen LogP contribution in [-0.4, -0.2) is 25.9 Å². The molecule has 0 bridgehead atoms. The highest BCUT2D eigenvalue weighted by Gasteiger charge is 2.16. The van der Waals surface area contributed by atoms with Gasteiger partial charge in [0, 0.05) is 19.6 Å². The van der Waals surface area contributed by atoms with Gasteiger partial charge in [-0.15, -0.1) is 0 Å². The topological polar surface area (TPSA) is 27.7 Å². The van der Waals surface area contributed by atoms with Crippen LogP contribution in [0.15, 0.2) is 18.2 Å². The van der Waals surface area contributed by atoms with E-state index in [1.807, 2.05) is 6.07 Å². The molecule has 0 aliphatic carbocycles. The minimum atomic E-state index is 0.000631. The summed E-state index contributed by atoms with van der Waals surface area (Å²) in [6.45, 7) is 8.17. The highest BCUT2D eigenvalue weighted by molar-refractivity contribution is 5.42. The van der Waals surface area contributed by atoms with Crippen LogP contribution in [0.25, 0.3) is 0 Å². The lowest BCUT2D eigenvalue weighted by molar-refractivity contribution is 0.0126. The summed E-state index contributed by atoms with van der Waals surface area (Å²) in [6, 6.07) is 6.20. The molecular weight excluding hydrogens is 276 g/mol. The number of fused-ring (bicyclic) bond motifs is 1. The highest BCUT2D eigenvalue weighted by atomic mass is 16.5. The zero-order valence-corrected chi connectivity index (χ0v) is 14.5. The molecule has 0 fully saturated rings. The lowest BCUT2D eigenvalue weighted by Gasteiger charge is -2.23. The van der Waals surface area contributed by atoms with Crippen molar-refractivity contribution in [1.82, 2.24) is 0 Å². The molecule has 124 valence electrons. The molecule has 0 amide bonds. The normalized spacial score (nSPS) is 15.3. The maximum atomic E-state index is 5.87. The van der Waals surface area contributed by atoms with Crippen LogP contribution in [0.5, 0.6) is 11.5 Å². The van der Waals surface area contributed by atoms with Gasteiger partial charge in [0.25, 0.3) is 0 Å². The van der Waals surface area contributed by atoms with E-state index in [0.29, 0.717) is 5.92 Å². The Kier molecular flexibility index (Phi) is 6.13. The highest BCUT2D eigenvalue weighted by Crippen LogP contribution is 2.29. The smallest absolute Gasteiger partial charge is 0.126 e. The van der Waals surface area contributed by atoms with E-state index >= 15 is 0 Å². The first-order valence-corrected chi connectivity index (χ1v) is 8.44. The summed E-state index contributed by atoms with van der Waals surface area (Å²) < 4.78 is 16.9. The predicted octanol–water partition coefficient (Wildman–Crippen LogP) is 4.62. The van der Waals surface area contributed by atoms with Crippen LogP contribution in [0.3, 0.4) is 0 Å². The Hall–Kier alpha value is -1.22. The lowest BCUT2D eigenvalue weighted by Crippen LogP contribution is -2.22. The van der Waals surface area contributed by atoms with E-state index in [1.165, 1.54) is 18.4 Å². The third kappa shape index (κ3) is 5.20. The van der Waals surface area contributed by atoms with Gasteiger partial charge in [-0.05, 0) is 44.2 Å². The molecule has 0 saturated carbocycles. The fourth-order valence-electron chi connectivity index (χ4n) is 2.74. The van der Waals surface area contributed by atoms with Crippen molar-refractivity contribution >= 4 is 0 Å². The van der Waals surface area contributed by atoms with Gasteiger partial charge < -0.3 is 14.2 Å². The van der Waals surface area contributed by atoms with E-state index in [2.05, 4.69) is 32.9 Å². The molecule has 1 unspecified atom stereocenters. The van der Waals surface area contributed by atoms with Crippen LogP contribution in [0.1, 0.15) is 52.0 Å². The summed E-state index contributed by atoms with van der Waals surface area (Å²) in [7, 11) is 1.79. The Bertz CT molecular complexity index is 468. The van der Waals surface area contributed by atoms with Crippen LogP contribution in [0, 0.1) is 5.92 Å². The van der Waals surface area contributed by atoms with Crippen LogP contribution < -0.4 is 9.47 Å². The first kappa shape index (κ1) is 17.1. The van der Waals surface area contributed by atoms with Gasteiger partial charge in [0.1, 0.15) is 11.5 Å². The molecule has 0 saturated heterocycles. The molecule has 1 aromatic carbocycles. The van der Waals surface area contributed by atoms with Crippen molar-refractivity contribution in [3.05, 3.63) is 23.8 Å². The van der Waals surface area contributed by atoms with Crippen molar-refractivity contribution in [2.75, 3.05) is 20.3 Å². The summed E-state index contributed by atoms with van der Waals surface area (Å²) in [6.07, 6.45) is 5.64. The van der Waals surface area contributed by atoms with E-state index in [0.717, 1.165) is 44.0 Å². The summed E-state index contributed by atoms with van der Waals surface area (Å²) in [5, 5.41) is 0. The van der Waals surface area contributed by atoms with Crippen molar-refractivity contribution < 1.29 is 14.2 Å². The Labute approximate surface area is 135 Å². The molecule has 2 rings (SSSR count). The van der Waals surface area contributed by atoms with E-state index in [1.54, 1.807) is 7.11 Å². The summed E-state index contributed by atoms with van der Waals surface area (Å²) in [5.74, 6) is 2.60. The molecule has 1 aliphatic rings. The van der Waals surface area contributed by atoms with E-state index < -0.39 is 0 Å². The molecule has 0 spiro atoms. The molecular formula is C19H30O3. The van der Waals surface area contributed by atoms with Crippen molar-refractivity contribution in [2.24, 2.45) is 5.92 Å². The first-order chi connectivity index (χ1) is 10.5. The van der Waals surface area contributed by atoms with Crippen LogP contribution in [-0.2, 0) is 11.2 Å². The maximum Gasteiger partial charge on any atom is 0.126 e. The van der Waals surface area contributed by atoms with Crippen molar-refractivity contribution in [3.8, 4) is 11.5 Å². The molecule has 22 heavy (non-hydrogen) atoms. The van der Waals surface area contributed by atoms with Crippen LogP contribution >= 0.6 is 0 Å². The molecule has 0 radical (unpaired) electrons. The summed E-state index contributed by atoms with van der Waals surface area (Å²) in [4.78, 5) is 0. The minimum Gasteiger partial charge on any atom is -0.493 e. The maximum absolute atomic E-state index is 5.87.